The Labute approximate surface area is 309 Å². The Balaban J connectivity index is 1.24. The van der Waals surface area contributed by atoms with E-state index in [0.717, 1.165) is 51.4 Å². The summed E-state index contributed by atoms with van der Waals surface area (Å²) in [4.78, 5) is 65.2. The highest BCUT2D eigenvalue weighted by atomic mass is 35.5. The van der Waals surface area contributed by atoms with Crippen molar-refractivity contribution in [1.82, 2.24) is 30.2 Å². The van der Waals surface area contributed by atoms with E-state index in [9.17, 15) is 27.6 Å². The van der Waals surface area contributed by atoms with E-state index in [2.05, 4.69) is 37.2 Å². The first-order valence-corrected chi connectivity index (χ1v) is 20.3. The lowest BCUT2D eigenvalue weighted by Crippen LogP contribution is -2.60. The summed E-state index contributed by atoms with van der Waals surface area (Å²) < 4.78 is 39.3. The highest BCUT2D eigenvalue weighted by Gasteiger charge is 2.62. The Bertz CT molecular complexity index is 1670. The van der Waals surface area contributed by atoms with Gasteiger partial charge in [0.15, 0.2) is 0 Å². The van der Waals surface area contributed by atoms with Gasteiger partial charge in [0.1, 0.15) is 40.8 Å². The van der Waals surface area contributed by atoms with E-state index in [1.807, 2.05) is 0 Å². The van der Waals surface area contributed by atoms with Crippen molar-refractivity contribution in [3.8, 4) is 6.01 Å². The summed E-state index contributed by atoms with van der Waals surface area (Å²) in [5.41, 5.74) is -2.36. The minimum atomic E-state index is -3.90. The molecule has 2 heterocycles. The first kappa shape index (κ1) is 38.1. The zero-order valence-electron chi connectivity index (χ0n) is 30.0. The number of rotatable bonds is 13. The molecule has 0 bridgehead atoms. The number of carbonyl (C=O) groups excluding carboxylic acids is 4. The molecule has 1 aromatic rings. The van der Waals surface area contributed by atoms with Gasteiger partial charge in [0.2, 0.25) is 21.8 Å². The van der Waals surface area contributed by atoms with Crippen LogP contribution in [0.3, 0.4) is 0 Å². The SMILES string of the molecule is C=C[C@@H]1C[C@]1(NC(=O)[C@@H]1C[C@@H](Oc2nc(Cl)cc(NC3CCCC3)n2)CN1C(=O)[C@@H](NC(=O)OC1CCCC1)C(C)(C)C)C(=O)NS(=O)(=O)C1CC1. The number of sulfonamides is 1. The number of hydrogen-bond acceptors (Lipinski definition) is 11. The number of hydrogen-bond donors (Lipinski definition) is 4. The lowest BCUT2D eigenvalue weighted by atomic mass is 9.85. The molecule has 15 nitrogen and oxygen atoms in total. The van der Waals surface area contributed by atoms with Gasteiger partial charge in [-0.25, -0.2) is 13.2 Å². The Hall–Kier alpha value is -3.66. The quantitative estimate of drug-likeness (QED) is 0.169. The van der Waals surface area contributed by atoms with E-state index >= 15 is 0 Å². The second kappa shape index (κ2) is 15.0. The fourth-order valence-electron chi connectivity index (χ4n) is 7.47. The molecule has 4 amide bonds. The van der Waals surface area contributed by atoms with Crippen molar-refractivity contribution in [1.29, 1.82) is 0 Å². The van der Waals surface area contributed by atoms with Gasteiger partial charge in [0.05, 0.1) is 11.8 Å². The molecule has 4 N–H and O–H groups in total. The fourth-order valence-corrected chi connectivity index (χ4v) is 9.01. The molecule has 5 atom stereocenters. The van der Waals surface area contributed by atoms with Crippen molar-refractivity contribution < 1.29 is 37.1 Å². The van der Waals surface area contributed by atoms with Gasteiger partial charge in [-0.15, -0.1) is 6.58 Å². The molecule has 4 aliphatic carbocycles. The van der Waals surface area contributed by atoms with Crippen LogP contribution in [0, 0.1) is 11.3 Å². The molecule has 0 unspecified atom stereocenters. The van der Waals surface area contributed by atoms with Crippen molar-refractivity contribution in [2.45, 2.75) is 139 Å². The van der Waals surface area contributed by atoms with Crippen LogP contribution in [0.15, 0.2) is 18.7 Å². The number of amides is 4. The van der Waals surface area contributed by atoms with Crippen LogP contribution in [0.4, 0.5) is 10.6 Å². The molecule has 1 aromatic heterocycles. The summed E-state index contributed by atoms with van der Waals surface area (Å²) >= 11 is 6.35. The fraction of sp³-hybridized carbons (Fsp3) is 0.714. The largest absolute Gasteiger partial charge is 0.458 e. The third-order valence-electron chi connectivity index (χ3n) is 10.7. The highest BCUT2D eigenvalue weighted by molar-refractivity contribution is 7.91. The van der Waals surface area contributed by atoms with E-state index in [1.165, 1.54) is 11.0 Å². The van der Waals surface area contributed by atoms with Crippen LogP contribution >= 0.6 is 11.6 Å². The summed E-state index contributed by atoms with van der Waals surface area (Å²) in [6.07, 6.45) is 8.46. The van der Waals surface area contributed by atoms with Crippen LogP contribution < -0.4 is 25.4 Å². The number of halogens is 1. The van der Waals surface area contributed by atoms with Gasteiger partial charge in [-0.05, 0) is 63.2 Å². The average molecular weight is 764 g/mol. The summed E-state index contributed by atoms with van der Waals surface area (Å²) in [7, 11) is -3.90. The lowest BCUT2D eigenvalue weighted by molar-refractivity contribution is -0.143. The highest BCUT2D eigenvalue weighted by Crippen LogP contribution is 2.45. The van der Waals surface area contributed by atoms with Crippen molar-refractivity contribution in [3.63, 3.8) is 0 Å². The minimum Gasteiger partial charge on any atom is -0.458 e. The van der Waals surface area contributed by atoms with E-state index < -0.39 is 74.1 Å². The molecule has 0 radical (unpaired) electrons. The number of alkyl carbamates (subject to hydrolysis) is 1. The number of nitrogens with zero attached hydrogens (tertiary/aromatic N) is 3. The van der Waals surface area contributed by atoms with Crippen LogP contribution in [0.2, 0.25) is 5.15 Å². The summed E-state index contributed by atoms with van der Waals surface area (Å²) in [6, 6.07) is -0.438. The van der Waals surface area contributed by atoms with Crippen molar-refractivity contribution in [3.05, 3.63) is 23.9 Å². The Kier molecular flexibility index (Phi) is 11.0. The van der Waals surface area contributed by atoms with Gasteiger partial charge >= 0.3 is 12.1 Å². The van der Waals surface area contributed by atoms with E-state index in [4.69, 9.17) is 21.1 Å². The van der Waals surface area contributed by atoms with Gasteiger partial charge in [-0.3, -0.25) is 19.1 Å². The van der Waals surface area contributed by atoms with Gasteiger partial charge in [-0.1, -0.05) is 51.3 Å². The average Bonchev–Trinajstić information content (AvgIpc) is 3.84. The van der Waals surface area contributed by atoms with Gasteiger partial charge in [0, 0.05) is 24.4 Å². The molecule has 1 aliphatic heterocycles. The van der Waals surface area contributed by atoms with Gasteiger partial charge in [-0.2, -0.15) is 9.97 Å². The minimum absolute atomic E-state index is 0.0148. The topological polar surface area (TPSA) is 198 Å². The third-order valence-corrected chi connectivity index (χ3v) is 12.7. The summed E-state index contributed by atoms with van der Waals surface area (Å²) in [5, 5.41) is 8.41. The summed E-state index contributed by atoms with van der Waals surface area (Å²) in [6.45, 7) is 9.07. The molecule has 6 rings (SSSR count). The maximum Gasteiger partial charge on any atom is 0.408 e. The molecule has 52 heavy (non-hydrogen) atoms. The van der Waals surface area contributed by atoms with E-state index in [0.29, 0.717) is 18.7 Å². The standard InChI is InChI=1S/C35H50ClN7O8S/c1-5-20-18-35(20,31(46)42-52(48,49)24-14-15-24)41-29(44)25-16-23(50-32-38-26(36)17-27(39-32)37-21-10-6-7-11-21)19-43(25)30(45)28(34(2,3)4)40-33(47)51-22-12-8-9-13-22/h5,17,20-25,28H,1,6-16,18-19H2,2-4H3,(H,40,47)(H,41,44)(H,42,46)(H,37,38,39)/t20-,23-,25+,28-,35-/m1/s1. The molecular weight excluding hydrogens is 714 g/mol. The number of likely N-dealkylation sites (tertiary alicyclic amines) is 1. The number of carbonyl (C=O) groups is 4. The zero-order chi connectivity index (χ0) is 37.4. The van der Waals surface area contributed by atoms with Gasteiger partial charge < -0.3 is 30.3 Å². The van der Waals surface area contributed by atoms with E-state index in [-0.39, 0.29) is 42.7 Å². The first-order valence-electron chi connectivity index (χ1n) is 18.3. The normalized spacial score (nSPS) is 27.1. The smallest absolute Gasteiger partial charge is 0.408 e. The molecule has 0 aromatic carbocycles. The zero-order valence-corrected chi connectivity index (χ0v) is 31.6. The molecular formula is C35H50ClN7O8S. The molecule has 0 spiro atoms. The number of nitrogens with one attached hydrogen (secondary N) is 4. The first-order chi connectivity index (χ1) is 24.6. The van der Waals surface area contributed by atoms with Crippen molar-refractivity contribution >= 4 is 51.3 Å². The molecule has 1 saturated heterocycles. The van der Waals surface area contributed by atoms with Crippen LogP contribution in [-0.2, 0) is 29.1 Å². The van der Waals surface area contributed by atoms with Crippen LogP contribution in [0.5, 0.6) is 6.01 Å². The predicted octanol–water partition coefficient (Wildman–Crippen LogP) is 3.59. The maximum atomic E-state index is 14.5. The number of ether oxygens (including phenoxy) is 2. The second-order valence-corrected chi connectivity index (χ2v) is 18.3. The number of anilines is 1. The van der Waals surface area contributed by atoms with Crippen LogP contribution in [-0.4, -0.2) is 94.8 Å². The molecule has 286 valence electrons. The van der Waals surface area contributed by atoms with E-state index in [1.54, 1.807) is 26.8 Å². The van der Waals surface area contributed by atoms with Gasteiger partial charge in [0.25, 0.3) is 5.91 Å². The van der Waals surface area contributed by atoms with Crippen LogP contribution in [0.25, 0.3) is 0 Å². The van der Waals surface area contributed by atoms with Crippen molar-refractivity contribution in [2.75, 3.05) is 11.9 Å². The monoisotopic (exact) mass is 763 g/mol. The molecule has 17 heteroatoms. The number of aromatic nitrogens is 2. The second-order valence-electron chi connectivity index (χ2n) is 15.9. The van der Waals surface area contributed by atoms with Crippen LogP contribution in [0.1, 0.15) is 97.8 Å². The maximum absolute atomic E-state index is 14.5. The summed E-state index contributed by atoms with van der Waals surface area (Å²) in [5.74, 6) is -2.11. The Morgan fingerprint density at radius 3 is 2.33 bits per heavy atom. The third kappa shape index (κ3) is 8.75. The molecule has 4 saturated carbocycles. The van der Waals surface area contributed by atoms with Crippen molar-refractivity contribution in [2.24, 2.45) is 11.3 Å². The predicted molar refractivity (Wildman–Crippen MR) is 192 cm³/mol. The lowest BCUT2D eigenvalue weighted by Gasteiger charge is -2.35. The Morgan fingerprint density at radius 1 is 1.04 bits per heavy atom. The molecule has 5 aliphatic rings. The molecule has 5 fully saturated rings. The Morgan fingerprint density at radius 2 is 1.71 bits per heavy atom.